The number of hydrogen-bond acceptors (Lipinski definition) is 3. The summed E-state index contributed by atoms with van der Waals surface area (Å²) in [6, 6.07) is 0. The second kappa shape index (κ2) is 3.39. The molecule has 14 heavy (non-hydrogen) atoms. The lowest BCUT2D eigenvalue weighted by molar-refractivity contribution is 0.361. The van der Waals surface area contributed by atoms with Gasteiger partial charge in [-0.2, -0.15) is 0 Å². The summed E-state index contributed by atoms with van der Waals surface area (Å²) in [6.45, 7) is 2.22. The molecule has 1 aliphatic carbocycles. The fourth-order valence-corrected chi connectivity index (χ4v) is 2.45. The van der Waals surface area contributed by atoms with Crippen LogP contribution in [-0.4, -0.2) is 18.1 Å². The van der Waals surface area contributed by atoms with Crippen LogP contribution in [0.3, 0.4) is 0 Å². The van der Waals surface area contributed by atoms with Gasteiger partial charge < -0.3 is 9.73 Å². The number of aryl methyl sites for hydroxylation is 2. The quantitative estimate of drug-likeness (QED) is 0.735. The Hall–Kier alpha value is -0.830. The molecule has 0 spiro atoms. The van der Waals surface area contributed by atoms with Crippen LogP contribution in [0.1, 0.15) is 42.5 Å². The van der Waals surface area contributed by atoms with Crippen LogP contribution in [0.25, 0.3) is 0 Å². The van der Waals surface area contributed by atoms with E-state index in [1.807, 2.05) is 0 Å². The van der Waals surface area contributed by atoms with E-state index in [1.165, 1.54) is 30.7 Å². The first-order valence-electron chi connectivity index (χ1n) is 5.62. The number of hydrogen-bond donors (Lipinski definition) is 1. The summed E-state index contributed by atoms with van der Waals surface area (Å²) in [5.74, 6) is 2.75. The first-order chi connectivity index (χ1) is 6.93. The third-order valence-electron chi connectivity index (χ3n) is 3.30. The summed E-state index contributed by atoms with van der Waals surface area (Å²) in [7, 11) is 0. The van der Waals surface area contributed by atoms with Gasteiger partial charge in [-0.15, -0.1) is 0 Å². The van der Waals surface area contributed by atoms with Crippen LogP contribution >= 0.6 is 0 Å². The van der Waals surface area contributed by atoms with Gasteiger partial charge in [0.1, 0.15) is 5.76 Å². The number of oxazole rings is 1. The molecule has 0 unspecified atom stereocenters. The van der Waals surface area contributed by atoms with E-state index in [0.717, 1.165) is 31.8 Å². The molecule has 0 aromatic carbocycles. The van der Waals surface area contributed by atoms with E-state index < -0.39 is 0 Å². The van der Waals surface area contributed by atoms with Crippen LogP contribution in [0.2, 0.25) is 0 Å². The molecule has 0 atom stereocenters. The summed E-state index contributed by atoms with van der Waals surface area (Å²) in [5, 5.41) is 3.36. The van der Waals surface area contributed by atoms with Crippen molar-refractivity contribution in [2.45, 2.75) is 38.0 Å². The predicted molar refractivity (Wildman–Crippen MR) is 53.4 cm³/mol. The number of piperidine rings is 1. The van der Waals surface area contributed by atoms with Crippen molar-refractivity contribution in [3.63, 3.8) is 0 Å². The summed E-state index contributed by atoms with van der Waals surface area (Å²) < 4.78 is 5.83. The van der Waals surface area contributed by atoms with Gasteiger partial charge in [0, 0.05) is 12.3 Å². The molecule has 1 fully saturated rings. The first-order valence-corrected chi connectivity index (χ1v) is 5.62. The van der Waals surface area contributed by atoms with E-state index in [2.05, 4.69) is 10.3 Å². The molecular weight excluding hydrogens is 176 g/mol. The SMILES string of the molecule is C1Cc2nc(C3CCNCC3)oc2C1. The summed E-state index contributed by atoms with van der Waals surface area (Å²) in [4.78, 5) is 4.62. The highest BCUT2D eigenvalue weighted by Crippen LogP contribution is 2.29. The molecular formula is C11H16N2O. The van der Waals surface area contributed by atoms with Crippen molar-refractivity contribution in [3.05, 3.63) is 17.3 Å². The minimum Gasteiger partial charge on any atom is -0.445 e. The Labute approximate surface area is 83.9 Å². The molecule has 3 rings (SSSR count). The van der Waals surface area contributed by atoms with Crippen LogP contribution in [0.15, 0.2) is 4.42 Å². The predicted octanol–water partition coefficient (Wildman–Crippen LogP) is 1.63. The number of fused-ring (bicyclic) bond motifs is 1. The highest BCUT2D eigenvalue weighted by Gasteiger charge is 2.24. The molecule has 1 N–H and O–H groups in total. The minimum atomic E-state index is 0.571. The molecule has 0 bridgehead atoms. The maximum Gasteiger partial charge on any atom is 0.197 e. The molecule has 2 heterocycles. The van der Waals surface area contributed by atoms with Gasteiger partial charge in [-0.1, -0.05) is 0 Å². The Morgan fingerprint density at radius 2 is 2.07 bits per heavy atom. The molecule has 0 radical (unpaired) electrons. The fourth-order valence-electron chi connectivity index (χ4n) is 2.45. The summed E-state index contributed by atoms with van der Waals surface area (Å²) >= 11 is 0. The van der Waals surface area contributed by atoms with Gasteiger partial charge >= 0.3 is 0 Å². The molecule has 3 nitrogen and oxygen atoms in total. The van der Waals surface area contributed by atoms with Gasteiger partial charge in [-0.25, -0.2) is 4.98 Å². The highest BCUT2D eigenvalue weighted by molar-refractivity contribution is 5.17. The van der Waals surface area contributed by atoms with Crippen molar-refractivity contribution in [1.29, 1.82) is 0 Å². The van der Waals surface area contributed by atoms with Gasteiger partial charge in [-0.05, 0) is 38.8 Å². The Morgan fingerprint density at radius 3 is 2.86 bits per heavy atom. The fraction of sp³-hybridized carbons (Fsp3) is 0.727. The second-order valence-electron chi connectivity index (χ2n) is 4.30. The Morgan fingerprint density at radius 1 is 1.21 bits per heavy atom. The smallest absolute Gasteiger partial charge is 0.197 e. The Kier molecular flexibility index (Phi) is 2.05. The van der Waals surface area contributed by atoms with E-state index in [1.54, 1.807) is 0 Å². The molecule has 0 saturated carbocycles. The molecule has 2 aliphatic rings. The van der Waals surface area contributed by atoms with Crippen LogP contribution in [0.4, 0.5) is 0 Å². The molecule has 3 heteroatoms. The van der Waals surface area contributed by atoms with E-state index in [9.17, 15) is 0 Å². The normalized spacial score (nSPS) is 22.6. The number of nitrogens with zero attached hydrogens (tertiary/aromatic N) is 1. The lowest BCUT2D eigenvalue weighted by Gasteiger charge is -2.19. The van der Waals surface area contributed by atoms with Crippen molar-refractivity contribution in [3.8, 4) is 0 Å². The zero-order valence-electron chi connectivity index (χ0n) is 8.38. The first kappa shape index (κ1) is 8.48. The van der Waals surface area contributed by atoms with Gasteiger partial charge in [-0.3, -0.25) is 0 Å². The van der Waals surface area contributed by atoms with Gasteiger partial charge in [0.05, 0.1) is 5.69 Å². The standard InChI is InChI=1S/C11H16N2O/c1-2-9-10(3-1)14-11(13-9)8-4-6-12-7-5-8/h8,12H,1-7H2. The topological polar surface area (TPSA) is 38.1 Å². The third kappa shape index (κ3) is 1.36. The van der Waals surface area contributed by atoms with Crippen molar-refractivity contribution in [1.82, 2.24) is 10.3 Å². The van der Waals surface area contributed by atoms with Crippen LogP contribution < -0.4 is 5.32 Å². The van der Waals surface area contributed by atoms with E-state index >= 15 is 0 Å². The zero-order valence-corrected chi connectivity index (χ0v) is 8.38. The van der Waals surface area contributed by atoms with Gasteiger partial charge in [0.2, 0.25) is 0 Å². The molecule has 1 saturated heterocycles. The molecule has 1 aromatic rings. The van der Waals surface area contributed by atoms with Crippen molar-refractivity contribution >= 4 is 0 Å². The van der Waals surface area contributed by atoms with Crippen LogP contribution in [0.5, 0.6) is 0 Å². The van der Waals surface area contributed by atoms with E-state index in [0.29, 0.717) is 5.92 Å². The number of nitrogens with one attached hydrogen (secondary N) is 1. The maximum absolute atomic E-state index is 5.83. The van der Waals surface area contributed by atoms with Gasteiger partial charge in [0.25, 0.3) is 0 Å². The summed E-state index contributed by atoms with van der Waals surface area (Å²) in [5.41, 5.74) is 1.23. The number of aromatic nitrogens is 1. The molecule has 1 aromatic heterocycles. The average molecular weight is 192 g/mol. The molecule has 76 valence electrons. The largest absolute Gasteiger partial charge is 0.445 e. The Balaban J connectivity index is 1.82. The van der Waals surface area contributed by atoms with Gasteiger partial charge in [0.15, 0.2) is 5.89 Å². The molecule has 0 amide bonds. The average Bonchev–Trinajstić information content (AvgIpc) is 2.78. The third-order valence-corrected chi connectivity index (χ3v) is 3.30. The van der Waals surface area contributed by atoms with E-state index in [4.69, 9.17) is 4.42 Å². The summed E-state index contributed by atoms with van der Waals surface area (Å²) in [6.07, 6.45) is 5.82. The zero-order chi connectivity index (χ0) is 9.38. The Bertz CT molecular complexity index is 305. The van der Waals surface area contributed by atoms with Crippen LogP contribution in [0, 0.1) is 0 Å². The molecule has 1 aliphatic heterocycles. The van der Waals surface area contributed by atoms with Crippen LogP contribution in [-0.2, 0) is 12.8 Å². The van der Waals surface area contributed by atoms with Crippen molar-refractivity contribution in [2.24, 2.45) is 0 Å². The van der Waals surface area contributed by atoms with Crippen molar-refractivity contribution < 1.29 is 4.42 Å². The lowest BCUT2D eigenvalue weighted by atomic mass is 9.98. The maximum atomic E-state index is 5.83. The van der Waals surface area contributed by atoms with E-state index in [-0.39, 0.29) is 0 Å². The second-order valence-corrected chi connectivity index (χ2v) is 4.30. The monoisotopic (exact) mass is 192 g/mol. The van der Waals surface area contributed by atoms with Crippen molar-refractivity contribution in [2.75, 3.05) is 13.1 Å². The number of rotatable bonds is 1. The minimum absolute atomic E-state index is 0.571. The highest BCUT2D eigenvalue weighted by atomic mass is 16.4. The lowest BCUT2D eigenvalue weighted by Crippen LogP contribution is -2.26.